The van der Waals surface area contributed by atoms with Gasteiger partial charge in [0.2, 0.25) is 10.0 Å². The second-order valence-electron chi connectivity index (χ2n) is 5.21. The predicted molar refractivity (Wildman–Crippen MR) is 100 cm³/mol. The molecule has 0 bridgehead atoms. The third kappa shape index (κ3) is 4.33. The zero-order valence-electron chi connectivity index (χ0n) is 14.4. The molecule has 0 atom stereocenters. The van der Waals surface area contributed by atoms with Crippen molar-refractivity contribution in [1.29, 1.82) is 0 Å². The van der Waals surface area contributed by atoms with E-state index in [9.17, 15) is 13.2 Å². The SMILES string of the molecule is CNS(=O)(=O)c1cc(NC(=O)c2ccc(SC)cc2OC)ccc1C. The fourth-order valence-electron chi connectivity index (χ4n) is 2.26. The van der Waals surface area contributed by atoms with Crippen LogP contribution < -0.4 is 14.8 Å². The molecule has 0 unspecified atom stereocenters. The Hall–Kier alpha value is -2.03. The number of nitrogens with one attached hydrogen (secondary N) is 2. The lowest BCUT2D eigenvalue weighted by Gasteiger charge is -2.12. The summed E-state index contributed by atoms with van der Waals surface area (Å²) in [5.41, 5.74) is 1.36. The Kier molecular flexibility index (Phi) is 6.10. The number of benzene rings is 2. The highest BCUT2D eigenvalue weighted by Gasteiger charge is 2.17. The van der Waals surface area contributed by atoms with Gasteiger partial charge >= 0.3 is 0 Å². The molecule has 0 fully saturated rings. The molecule has 2 N–H and O–H groups in total. The molecule has 2 aromatic carbocycles. The van der Waals surface area contributed by atoms with Crippen molar-refractivity contribution in [2.24, 2.45) is 0 Å². The number of ether oxygens (including phenoxy) is 1. The van der Waals surface area contributed by atoms with Gasteiger partial charge in [0.05, 0.1) is 17.6 Å². The number of thioether (sulfide) groups is 1. The van der Waals surface area contributed by atoms with Crippen LogP contribution in [0.3, 0.4) is 0 Å². The standard InChI is InChI=1S/C17H20N2O4S2/c1-11-5-6-12(9-16(11)25(21,22)18-2)19-17(20)14-8-7-13(24-4)10-15(14)23-3/h5-10,18H,1-4H3,(H,19,20). The van der Waals surface area contributed by atoms with Crippen LogP contribution in [0.25, 0.3) is 0 Å². The van der Waals surface area contributed by atoms with Crippen molar-refractivity contribution in [2.45, 2.75) is 16.7 Å². The molecule has 6 nitrogen and oxygen atoms in total. The van der Waals surface area contributed by atoms with Crippen LogP contribution in [0.4, 0.5) is 5.69 Å². The first-order valence-electron chi connectivity index (χ1n) is 7.40. The molecule has 0 aliphatic rings. The zero-order chi connectivity index (χ0) is 18.6. The topological polar surface area (TPSA) is 84.5 Å². The highest BCUT2D eigenvalue weighted by Crippen LogP contribution is 2.27. The highest BCUT2D eigenvalue weighted by molar-refractivity contribution is 7.98. The molecule has 0 spiro atoms. The fourth-order valence-corrected chi connectivity index (χ4v) is 3.68. The van der Waals surface area contributed by atoms with Gasteiger partial charge in [-0.3, -0.25) is 4.79 Å². The number of carbonyl (C=O) groups excluding carboxylic acids is 1. The molecule has 2 aromatic rings. The van der Waals surface area contributed by atoms with Gasteiger partial charge in [0.25, 0.3) is 5.91 Å². The average molecular weight is 380 g/mol. The lowest BCUT2D eigenvalue weighted by molar-refractivity contribution is 0.102. The van der Waals surface area contributed by atoms with Crippen LogP contribution in [-0.2, 0) is 10.0 Å². The van der Waals surface area contributed by atoms with Crippen molar-refractivity contribution in [1.82, 2.24) is 4.72 Å². The van der Waals surface area contributed by atoms with Crippen LogP contribution in [0, 0.1) is 6.92 Å². The Labute approximate surface area is 152 Å². The molecule has 0 aromatic heterocycles. The van der Waals surface area contributed by atoms with Gasteiger partial charge < -0.3 is 10.1 Å². The Balaban J connectivity index is 2.34. The minimum absolute atomic E-state index is 0.123. The van der Waals surface area contributed by atoms with Crippen LogP contribution in [0.15, 0.2) is 46.2 Å². The van der Waals surface area contributed by atoms with E-state index in [0.29, 0.717) is 22.6 Å². The van der Waals surface area contributed by atoms with Gasteiger partial charge in [-0.2, -0.15) is 0 Å². The third-order valence-corrected chi connectivity index (χ3v) is 5.94. The number of sulfonamides is 1. The first-order valence-corrected chi connectivity index (χ1v) is 10.1. The molecular formula is C17H20N2O4S2. The average Bonchev–Trinajstić information content (AvgIpc) is 2.62. The molecule has 0 radical (unpaired) electrons. The maximum absolute atomic E-state index is 12.5. The molecule has 1 amide bonds. The van der Waals surface area contributed by atoms with Crippen LogP contribution >= 0.6 is 11.8 Å². The monoisotopic (exact) mass is 380 g/mol. The van der Waals surface area contributed by atoms with Crippen molar-refractivity contribution < 1.29 is 17.9 Å². The first-order chi connectivity index (χ1) is 11.8. The fraction of sp³-hybridized carbons (Fsp3) is 0.235. The largest absolute Gasteiger partial charge is 0.496 e. The van der Waals surface area contributed by atoms with Gasteiger partial charge in [0, 0.05) is 10.6 Å². The minimum atomic E-state index is -3.60. The zero-order valence-corrected chi connectivity index (χ0v) is 16.0. The quantitative estimate of drug-likeness (QED) is 0.753. The van der Waals surface area contributed by atoms with E-state index in [1.165, 1.54) is 20.2 Å². The van der Waals surface area contributed by atoms with Crippen molar-refractivity contribution in [2.75, 3.05) is 25.7 Å². The van der Waals surface area contributed by atoms with Crippen LogP contribution in [0.5, 0.6) is 5.75 Å². The number of rotatable bonds is 6. The Bertz CT molecular complexity index is 896. The van der Waals surface area contributed by atoms with Gasteiger partial charge in [-0.15, -0.1) is 11.8 Å². The number of methoxy groups -OCH3 is 1. The van der Waals surface area contributed by atoms with Crippen molar-refractivity contribution >= 4 is 33.4 Å². The number of anilines is 1. The summed E-state index contributed by atoms with van der Waals surface area (Å²) < 4.78 is 31.7. The molecule has 25 heavy (non-hydrogen) atoms. The number of hydrogen-bond acceptors (Lipinski definition) is 5. The molecule has 2 rings (SSSR count). The number of amides is 1. The molecule has 0 aliphatic heterocycles. The van der Waals surface area contributed by atoms with Crippen LogP contribution in [0.1, 0.15) is 15.9 Å². The number of hydrogen-bond donors (Lipinski definition) is 2. The number of aryl methyl sites for hydroxylation is 1. The van der Waals surface area contributed by atoms with Gasteiger partial charge in [0.1, 0.15) is 5.75 Å². The smallest absolute Gasteiger partial charge is 0.259 e. The minimum Gasteiger partial charge on any atom is -0.496 e. The maximum Gasteiger partial charge on any atom is 0.259 e. The molecule has 0 saturated carbocycles. The van der Waals surface area contributed by atoms with E-state index in [4.69, 9.17) is 4.74 Å². The first kappa shape index (κ1) is 19.3. The van der Waals surface area contributed by atoms with Gasteiger partial charge in [-0.1, -0.05) is 6.07 Å². The second-order valence-corrected chi connectivity index (χ2v) is 7.94. The molecule has 0 aliphatic carbocycles. The predicted octanol–water partition coefficient (Wildman–Crippen LogP) is 2.89. The summed E-state index contributed by atoms with van der Waals surface area (Å²) in [7, 11) is -0.757. The molecule has 0 heterocycles. The summed E-state index contributed by atoms with van der Waals surface area (Å²) in [5.74, 6) is 0.0840. The molecule has 0 saturated heterocycles. The lowest BCUT2D eigenvalue weighted by atomic mass is 10.1. The normalized spacial score (nSPS) is 11.2. The highest BCUT2D eigenvalue weighted by atomic mass is 32.2. The second kappa shape index (κ2) is 7.90. The van der Waals surface area contributed by atoms with E-state index in [-0.39, 0.29) is 10.8 Å². The van der Waals surface area contributed by atoms with Crippen LogP contribution in [-0.4, -0.2) is 34.7 Å². The molecule has 8 heteroatoms. The molecular weight excluding hydrogens is 360 g/mol. The third-order valence-electron chi connectivity index (χ3n) is 3.66. The van der Waals surface area contributed by atoms with Crippen molar-refractivity contribution in [3.05, 3.63) is 47.5 Å². The summed E-state index contributed by atoms with van der Waals surface area (Å²) in [6.45, 7) is 1.69. The summed E-state index contributed by atoms with van der Waals surface area (Å²) in [4.78, 5) is 13.6. The van der Waals surface area contributed by atoms with Crippen LogP contribution in [0.2, 0.25) is 0 Å². The Morgan fingerprint density at radius 2 is 1.88 bits per heavy atom. The van der Waals surface area contributed by atoms with E-state index in [1.807, 2.05) is 12.3 Å². The summed E-state index contributed by atoms with van der Waals surface area (Å²) in [5, 5.41) is 2.72. The lowest BCUT2D eigenvalue weighted by Crippen LogP contribution is -2.20. The van der Waals surface area contributed by atoms with Crippen molar-refractivity contribution in [3.63, 3.8) is 0 Å². The summed E-state index contributed by atoms with van der Waals surface area (Å²) in [6.07, 6.45) is 1.94. The van der Waals surface area contributed by atoms with E-state index in [1.54, 1.807) is 43.0 Å². The van der Waals surface area contributed by atoms with Crippen molar-refractivity contribution in [3.8, 4) is 5.75 Å². The molecule has 134 valence electrons. The summed E-state index contributed by atoms with van der Waals surface area (Å²) in [6, 6.07) is 10.0. The number of carbonyl (C=O) groups is 1. The maximum atomic E-state index is 12.5. The van der Waals surface area contributed by atoms with E-state index >= 15 is 0 Å². The van der Waals surface area contributed by atoms with Gasteiger partial charge in [-0.05, 0) is 56.1 Å². The van der Waals surface area contributed by atoms with E-state index < -0.39 is 10.0 Å². The Morgan fingerprint density at radius 3 is 2.48 bits per heavy atom. The van der Waals surface area contributed by atoms with Gasteiger partial charge in [-0.25, -0.2) is 13.1 Å². The van der Waals surface area contributed by atoms with E-state index in [0.717, 1.165) is 4.90 Å². The van der Waals surface area contributed by atoms with Gasteiger partial charge in [0.15, 0.2) is 0 Å². The summed E-state index contributed by atoms with van der Waals surface area (Å²) >= 11 is 1.55. The Morgan fingerprint density at radius 1 is 1.16 bits per heavy atom. The van der Waals surface area contributed by atoms with E-state index in [2.05, 4.69) is 10.0 Å².